The third-order valence-electron chi connectivity index (χ3n) is 4.55. The van der Waals surface area contributed by atoms with Gasteiger partial charge in [0.2, 0.25) is 0 Å². The number of hydrogen-bond donors (Lipinski definition) is 3. The molecule has 1 unspecified atom stereocenters. The predicted octanol–water partition coefficient (Wildman–Crippen LogP) is 3.42. The van der Waals surface area contributed by atoms with Crippen LogP contribution in [-0.4, -0.2) is 29.7 Å². The molecule has 0 aromatic heterocycles. The first-order valence-corrected chi connectivity index (χ1v) is 9.99. The zero-order valence-corrected chi connectivity index (χ0v) is 17.3. The second-order valence-corrected chi connectivity index (χ2v) is 8.26. The molecule has 8 nitrogen and oxygen atoms in total. The normalized spacial score (nSPS) is 15.3. The lowest BCUT2D eigenvalue weighted by Gasteiger charge is -2.23. The van der Waals surface area contributed by atoms with Crippen LogP contribution in [0.15, 0.2) is 30.3 Å². The van der Waals surface area contributed by atoms with Crippen molar-refractivity contribution in [1.82, 2.24) is 16.2 Å². The van der Waals surface area contributed by atoms with Gasteiger partial charge in [-0.25, -0.2) is 15.0 Å². The largest absolute Gasteiger partial charge is 0.445 e. The Morgan fingerprint density at radius 1 is 1.03 bits per heavy atom. The lowest BCUT2D eigenvalue weighted by molar-refractivity contribution is -0.124. The summed E-state index contributed by atoms with van der Waals surface area (Å²) in [5.74, 6) is -0.166. The molecule has 1 aliphatic rings. The monoisotopic (exact) mass is 405 g/mol. The van der Waals surface area contributed by atoms with E-state index in [4.69, 9.17) is 9.47 Å². The third kappa shape index (κ3) is 8.85. The van der Waals surface area contributed by atoms with Gasteiger partial charge in [0, 0.05) is 0 Å². The van der Waals surface area contributed by atoms with E-state index in [1.54, 1.807) is 20.8 Å². The Hall–Kier alpha value is -2.77. The Balaban J connectivity index is 1.88. The first-order chi connectivity index (χ1) is 13.7. The molecule has 1 aliphatic carbocycles. The highest BCUT2D eigenvalue weighted by Gasteiger charge is 2.28. The summed E-state index contributed by atoms with van der Waals surface area (Å²) < 4.78 is 10.3. The van der Waals surface area contributed by atoms with Crippen LogP contribution in [0.4, 0.5) is 9.59 Å². The minimum atomic E-state index is -0.809. The van der Waals surface area contributed by atoms with E-state index in [2.05, 4.69) is 16.2 Å². The molecule has 1 atom stereocenters. The molecule has 160 valence electrons. The molecule has 0 bridgehead atoms. The summed E-state index contributed by atoms with van der Waals surface area (Å²) in [4.78, 5) is 36.5. The van der Waals surface area contributed by atoms with Gasteiger partial charge in [-0.3, -0.25) is 10.2 Å². The van der Waals surface area contributed by atoms with E-state index in [0.29, 0.717) is 12.3 Å². The summed E-state index contributed by atoms with van der Waals surface area (Å²) in [6.07, 6.45) is 3.32. The number of hydrazine groups is 1. The fourth-order valence-corrected chi connectivity index (χ4v) is 3.22. The number of rotatable bonds is 6. The van der Waals surface area contributed by atoms with Crippen molar-refractivity contribution in [2.75, 3.05) is 0 Å². The molecule has 0 saturated heterocycles. The fourth-order valence-electron chi connectivity index (χ4n) is 3.22. The standard InChI is InChI=1S/C21H31N3O5/c1-21(2,3)29-20(27)24-23-18(25)17(13-15-9-7-8-10-15)22-19(26)28-14-16-11-5-4-6-12-16/h4-6,11-12,15,17H,7-10,13-14H2,1-3H3,(H,22,26)(H,23,25)(H,24,27). The number of amides is 3. The van der Waals surface area contributed by atoms with E-state index in [9.17, 15) is 14.4 Å². The summed E-state index contributed by atoms with van der Waals surface area (Å²) in [5.41, 5.74) is 4.72. The Kier molecular flexibility index (Phi) is 8.30. The minimum Gasteiger partial charge on any atom is -0.445 e. The Labute approximate surface area is 171 Å². The van der Waals surface area contributed by atoms with Gasteiger partial charge >= 0.3 is 12.2 Å². The van der Waals surface area contributed by atoms with Crippen molar-refractivity contribution < 1.29 is 23.9 Å². The van der Waals surface area contributed by atoms with Gasteiger partial charge in [0.05, 0.1) is 0 Å². The maximum atomic E-state index is 12.6. The van der Waals surface area contributed by atoms with Crippen LogP contribution >= 0.6 is 0 Å². The highest BCUT2D eigenvalue weighted by Crippen LogP contribution is 2.28. The SMILES string of the molecule is CC(C)(C)OC(=O)NNC(=O)C(CC1CCCC1)NC(=O)OCc1ccccc1. The zero-order valence-electron chi connectivity index (χ0n) is 17.3. The molecule has 1 fully saturated rings. The van der Waals surface area contributed by atoms with Gasteiger partial charge < -0.3 is 14.8 Å². The molecular weight excluding hydrogens is 374 g/mol. The van der Waals surface area contributed by atoms with E-state index in [1.807, 2.05) is 30.3 Å². The van der Waals surface area contributed by atoms with Crippen molar-refractivity contribution >= 4 is 18.1 Å². The van der Waals surface area contributed by atoms with Gasteiger partial charge in [-0.05, 0) is 38.7 Å². The van der Waals surface area contributed by atoms with Gasteiger partial charge in [0.1, 0.15) is 18.2 Å². The maximum absolute atomic E-state index is 12.6. The van der Waals surface area contributed by atoms with Crippen molar-refractivity contribution in [2.45, 2.75) is 71.1 Å². The molecule has 1 aromatic rings. The van der Waals surface area contributed by atoms with Gasteiger partial charge in [-0.1, -0.05) is 56.0 Å². The molecule has 8 heteroatoms. The highest BCUT2D eigenvalue weighted by molar-refractivity contribution is 5.86. The van der Waals surface area contributed by atoms with Crippen LogP contribution in [-0.2, 0) is 20.9 Å². The molecule has 2 rings (SSSR count). The second kappa shape index (κ2) is 10.7. The number of hydrogen-bond acceptors (Lipinski definition) is 5. The number of benzene rings is 1. The van der Waals surface area contributed by atoms with E-state index in [-0.39, 0.29) is 6.61 Å². The number of nitrogens with one attached hydrogen (secondary N) is 3. The van der Waals surface area contributed by atoms with E-state index in [1.165, 1.54) is 0 Å². The van der Waals surface area contributed by atoms with Gasteiger partial charge in [-0.2, -0.15) is 0 Å². The lowest BCUT2D eigenvalue weighted by atomic mass is 9.98. The number of alkyl carbamates (subject to hydrolysis) is 1. The van der Waals surface area contributed by atoms with Gasteiger partial charge in [0.25, 0.3) is 5.91 Å². The van der Waals surface area contributed by atoms with Crippen LogP contribution in [0.2, 0.25) is 0 Å². The Bertz CT molecular complexity index is 681. The number of carbonyl (C=O) groups excluding carboxylic acids is 3. The van der Waals surface area contributed by atoms with Crippen LogP contribution in [0.5, 0.6) is 0 Å². The fraction of sp³-hybridized carbons (Fsp3) is 0.571. The van der Waals surface area contributed by atoms with Crippen LogP contribution in [0, 0.1) is 5.92 Å². The van der Waals surface area contributed by atoms with Crippen LogP contribution in [0.3, 0.4) is 0 Å². The molecular formula is C21H31N3O5. The maximum Gasteiger partial charge on any atom is 0.426 e. The van der Waals surface area contributed by atoms with Crippen molar-refractivity contribution in [2.24, 2.45) is 5.92 Å². The van der Waals surface area contributed by atoms with E-state index >= 15 is 0 Å². The molecule has 0 radical (unpaired) electrons. The summed E-state index contributed by atoms with van der Waals surface area (Å²) in [6, 6.07) is 8.48. The molecule has 0 heterocycles. The first kappa shape index (κ1) is 22.5. The molecule has 0 aliphatic heterocycles. The van der Waals surface area contributed by atoms with Crippen molar-refractivity contribution in [3.63, 3.8) is 0 Å². The van der Waals surface area contributed by atoms with Crippen LogP contribution in [0.25, 0.3) is 0 Å². The molecule has 1 saturated carbocycles. The van der Waals surface area contributed by atoms with Crippen molar-refractivity contribution in [3.05, 3.63) is 35.9 Å². The molecule has 3 N–H and O–H groups in total. The molecule has 0 spiro atoms. The van der Waals surface area contributed by atoms with E-state index in [0.717, 1.165) is 31.2 Å². The van der Waals surface area contributed by atoms with Crippen molar-refractivity contribution in [1.29, 1.82) is 0 Å². The quantitative estimate of drug-likeness (QED) is 0.629. The van der Waals surface area contributed by atoms with Crippen molar-refractivity contribution in [3.8, 4) is 0 Å². The van der Waals surface area contributed by atoms with Gasteiger partial charge in [0.15, 0.2) is 0 Å². The topological polar surface area (TPSA) is 106 Å². The Morgan fingerprint density at radius 3 is 2.31 bits per heavy atom. The number of carbonyl (C=O) groups is 3. The summed E-state index contributed by atoms with van der Waals surface area (Å²) >= 11 is 0. The number of ether oxygens (including phenoxy) is 2. The van der Waals surface area contributed by atoms with Gasteiger partial charge in [-0.15, -0.1) is 0 Å². The van der Waals surface area contributed by atoms with Crippen LogP contribution in [0.1, 0.15) is 58.4 Å². The predicted molar refractivity (Wildman–Crippen MR) is 108 cm³/mol. The smallest absolute Gasteiger partial charge is 0.426 e. The summed E-state index contributed by atoms with van der Waals surface area (Å²) in [6.45, 7) is 5.28. The molecule has 3 amide bonds. The minimum absolute atomic E-state index is 0.112. The summed E-state index contributed by atoms with van der Waals surface area (Å²) in [7, 11) is 0. The van der Waals surface area contributed by atoms with Crippen LogP contribution < -0.4 is 16.2 Å². The molecule has 1 aromatic carbocycles. The third-order valence-corrected chi connectivity index (χ3v) is 4.55. The first-order valence-electron chi connectivity index (χ1n) is 9.99. The lowest BCUT2D eigenvalue weighted by Crippen LogP contribution is -2.53. The average molecular weight is 405 g/mol. The Morgan fingerprint density at radius 2 is 1.69 bits per heavy atom. The molecule has 29 heavy (non-hydrogen) atoms. The second-order valence-electron chi connectivity index (χ2n) is 8.26. The van der Waals surface area contributed by atoms with E-state index < -0.39 is 29.7 Å². The highest BCUT2D eigenvalue weighted by atomic mass is 16.6. The zero-order chi connectivity index (χ0) is 21.3. The summed E-state index contributed by atoms with van der Waals surface area (Å²) in [5, 5.41) is 2.62. The average Bonchev–Trinajstić information content (AvgIpc) is 3.16.